The lowest BCUT2D eigenvalue weighted by molar-refractivity contribution is -0.384. The molecule has 0 bridgehead atoms. The van der Waals surface area contributed by atoms with E-state index in [-0.39, 0.29) is 28.1 Å². The highest BCUT2D eigenvalue weighted by Crippen LogP contribution is 2.41. The second-order valence-corrected chi connectivity index (χ2v) is 7.92. The van der Waals surface area contributed by atoms with Crippen molar-refractivity contribution in [2.75, 3.05) is 20.8 Å². The number of carbonyl (C=O) groups excluding carboxylic acids is 2. The zero-order chi connectivity index (χ0) is 25.0. The van der Waals surface area contributed by atoms with Crippen LogP contribution >= 0.6 is 23.2 Å². The number of nitrogens with one attached hydrogen (secondary N) is 1. The van der Waals surface area contributed by atoms with Crippen LogP contribution in [-0.2, 0) is 19.1 Å². The predicted octanol–water partition coefficient (Wildman–Crippen LogP) is 4.63. The first kappa shape index (κ1) is 25.1. The molecule has 1 aliphatic rings. The number of allylic oxidation sites excluding steroid dienone is 2. The number of halogens is 2. The maximum atomic E-state index is 12.5. The summed E-state index contributed by atoms with van der Waals surface area (Å²) in [5, 5.41) is 14.4. The molecule has 0 spiro atoms. The van der Waals surface area contributed by atoms with Crippen LogP contribution in [0.25, 0.3) is 5.70 Å². The summed E-state index contributed by atoms with van der Waals surface area (Å²) in [6.45, 7) is 1.38. The molecule has 1 aliphatic heterocycles. The lowest BCUT2D eigenvalue weighted by atomic mass is 9.85. The van der Waals surface area contributed by atoms with Crippen LogP contribution in [-0.4, -0.2) is 37.7 Å². The zero-order valence-electron chi connectivity index (χ0n) is 18.4. The summed E-state index contributed by atoms with van der Waals surface area (Å²) < 4.78 is 14.9. The molecule has 34 heavy (non-hydrogen) atoms. The molecule has 2 aromatic rings. The topological polar surface area (TPSA) is 117 Å². The SMILES string of the molecule is COC(=O)COc1ccc(C2=CC(c3ccc([N+](=O)[O-])cc3)C(C(=O)OC)=C(C)N2)c(Cl)c1Cl. The van der Waals surface area contributed by atoms with Gasteiger partial charge in [0.1, 0.15) is 10.8 Å². The Labute approximate surface area is 205 Å². The Morgan fingerprint density at radius 1 is 1.06 bits per heavy atom. The van der Waals surface area contributed by atoms with Crippen molar-refractivity contribution in [3.05, 3.63) is 85.0 Å². The summed E-state index contributed by atoms with van der Waals surface area (Å²) in [5.74, 6) is -1.49. The number of nitrogens with zero attached hydrogens (tertiary/aromatic N) is 1. The largest absolute Gasteiger partial charge is 0.480 e. The molecule has 1 N–H and O–H groups in total. The van der Waals surface area contributed by atoms with Gasteiger partial charge < -0.3 is 19.5 Å². The van der Waals surface area contributed by atoms with Gasteiger partial charge in [-0.15, -0.1) is 0 Å². The van der Waals surface area contributed by atoms with Gasteiger partial charge in [0.2, 0.25) is 0 Å². The molecule has 2 aromatic carbocycles. The van der Waals surface area contributed by atoms with E-state index >= 15 is 0 Å². The highest BCUT2D eigenvalue weighted by atomic mass is 35.5. The third kappa shape index (κ3) is 5.16. The number of hydrogen-bond donors (Lipinski definition) is 1. The molecule has 178 valence electrons. The molecule has 11 heteroatoms. The van der Waals surface area contributed by atoms with Crippen molar-refractivity contribution in [3.8, 4) is 5.75 Å². The Morgan fingerprint density at radius 3 is 2.32 bits per heavy atom. The van der Waals surface area contributed by atoms with Crippen LogP contribution in [0.5, 0.6) is 5.75 Å². The number of esters is 2. The molecule has 1 unspecified atom stereocenters. The van der Waals surface area contributed by atoms with Crippen molar-refractivity contribution >= 4 is 46.5 Å². The van der Waals surface area contributed by atoms with Crippen molar-refractivity contribution in [1.82, 2.24) is 5.32 Å². The molecule has 1 heterocycles. The molecule has 0 saturated heterocycles. The van der Waals surface area contributed by atoms with E-state index in [1.54, 1.807) is 37.3 Å². The Kier molecular flexibility index (Phi) is 7.80. The van der Waals surface area contributed by atoms with Gasteiger partial charge in [0.25, 0.3) is 5.69 Å². The van der Waals surface area contributed by atoms with E-state index in [1.165, 1.54) is 26.4 Å². The first-order valence-electron chi connectivity index (χ1n) is 9.88. The molecule has 0 aromatic heterocycles. The van der Waals surface area contributed by atoms with Gasteiger partial charge in [-0.1, -0.05) is 35.3 Å². The van der Waals surface area contributed by atoms with Crippen LogP contribution < -0.4 is 10.1 Å². The van der Waals surface area contributed by atoms with E-state index < -0.39 is 22.8 Å². The number of ether oxygens (including phenoxy) is 3. The molecule has 1 atom stereocenters. The fourth-order valence-corrected chi connectivity index (χ4v) is 3.93. The van der Waals surface area contributed by atoms with Crippen LogP contribution in [0.3, 0.4) is 0 Å². The van der Waals surface area contributed by atoms with E-state index in [1.807, 2.05) is 0 Å². The second-order valence-electron chi connectivity index (χ2n) is 7.17. The lowest BCUT2D eigenvalue weighted by Gasteiger charge is -2.27. The van der Waals surface area contributed by atoms with Crippen molar-refractivity contribution < 1.29 is 28.7 Å². The summed E-state index contributed by atoms with van der Waals surface area (Å²) in [4.78, 5) is 34.4. The summed E-state index contributed by atoms with van der Waals surface area (Å²) >= 11 is 12.9. The van der Waals surface area contributed by atoms with Crippen molar-refractivity contribution in [2.45, 2.75) is 12.8 Å². The minimum atomic E-state index is -0.574. The van der Waals surface area contributed by atoms with Gasteiger partial charge in [0.15, 0.2) is 6.61 Å². The smallest absolute Gasteiger partial charge is 0.343 e. The zero-order valence-corrected chi connectivity index (χ0v) is 19.9. The molecule has 9 nitrogen and oxygen atoms in total. The van der Waals surface area contributed by atoms with E-state index in [4.69, 9.17) is 32.7 Å². The molecule has 3 rings (SSSR count). The third-order valence-electron chi connectivity index (χ3n) is 5.15. The molecule has 0 aliphatic carbocycles. The van der Waals surface area contributed by atoms with Crippen LogP contribution in [0.15, 0.2) is 53.7 Å². The number of methoxy groups -OCH3 is 2. The maximum Gasteiger partial charge on any atom is 0.343 e. The van der Waals surface area contributed by atoms with Gasteiger partial charge >= 0.3 is 11.9 Å². The summed E-state index contributed by atoms with van der Waals surface area (Å²) in [6.07, 6.45) is 1.76. The first-order valence-corrected chi connectivity index (χ1v) is 10.6. The molecule has 0 amide bonds. The lowest BCUT2D eigenvalue weighted by Crippen LogP contribution is -2.25. The number of benzene rings is 2. The van der Waals surface area contributed by atoms with Crippen LogP contribution in [0, 0.1) is 10.1 Å². The number of non-ortho nitro benzene ring substituents is 1. The average Bonchev–Trinajstić information content (AvgIpc) is 2.83. The number of carbonyl (C=O) groups is 2. The van der Waals surface area contributed by atoms with Crippen molar-refractivity contribution in [1.29, 1.82) is 0 Å². The molecular weight excluding hydrogens is 487 g/mol. The Hall–Kier alpha value is -3.56. The first-order chi connectivity index (χ1) is 16.2. The number of nitro groups is 1. The number of dihydropyridines is 1. The third-order valence-corrected chi connectivity index (χ3v) is 6.01. The van der Waals surface area contributed by atoms with Gasteiger partial charge in [-0.25, -0.2) is 9.59 Å². The van der Waals surface area contributed by atoms with Crippen LogP contribution in [0.4, 0.5) is 5.69 Å². The van der Waals surface area contributed by atoms with Crippen LogP contribution in [0.1, 0.15) is 24.0 Å². The van der Waals surface area contributed by atoms with Crippen molar-refractivity contribution in [2.24, 2.45) is 0 Å². The Balaban J connectivity index is 2.03. The quantitative estimate of drug-likeness (QED) is 0.328. The van der Waals surface area contributed by atoms with E-state index in [2.05, 4.69) is 10.1 Å². The van der Waals surface area contributed by atoms with Gasteiger partial charge in [-0.05, 0) is 30.7 Å². The van der Waals surface area contributed by atoms with Gasteiger partial charge in [0, 0.05) is 35.0 Å². The normalized spacial score (nSPS) is 15.2. The average molecular weight is 507 g/mol. The minimum absolute atomic E-state index is 0.0698. The highest BCUT2D eigenvalue weighted by molar-refractivity contribution is 6.44. The van der Waals surface area contributed by atoms with Crippen LogP contribution in [0.2, 0.25) is 10.0 Å². The summed E-state index contributed by atoms with van der Waals surface area (Å²) in [6, 6.07) is 9.11. The number of rotatable bonds is 7. The highest BCUT2D eigenvalue weighted by Gasteiger charge is 2.30. The van der Waals surface area contributed by atoms with Gasteiger partial charge in [-0.3, -0.25) is 10.1 Å². The molecule has 0 radical (unpaired) electrons. The van der Waals surface area contributed by atoms with Gasteiger partial charge in [0.05, 0.1) is 29.7 Å². The Morgan fingerprint density at radius 2 is 1.74 bits per heavy atom. The molecule has 0 fully saturated rings. The monoisotopic (exact) mass is 506 g/mol. The fourth-order valence-electron chi connectivity index (χ4n) is 3.45. The van der Waals surface area contributed by atoms with Crippen molar-refractivity contribution in [3.63, 3.8) is 0 Å². The number of hydrogen-bond acceptors (Lipinski definition) is 8. The van der Waals surface area contributed by atoms with E-state index in [0.717, 1.165) is 0 Å². The minimum Gasteiger partial charge on any atom is -0.480 e. The van der Waals surface area contributed by atoms with Gasteiger partial charge in [-0.2, -0.15) is 0 Å². The predicted molar refractivity (Wildman–Crippen MR) is 126 cm³/mol. The Bertz CT molecular complexity index is 1210. The number of nitro benzene ring substituents is 1. The summed E-state index contributed by atoms with van der Waals surface area (Å²) in [7, 11) is 2.52. The maximum absolute atomic E-state index is 12.5. The van der Waals surface area contributed by atoms with E-state index in [9.17, 15) is 19.7 Å². The molecule has 0 saturated carbocycles. The second kappa shape index (κ2) is 10.6. The standard InChI is InChI=1S/C23H20Cl2N2O7/c1-12-20(23(29)33-3)16(13-4-6-14(7-5-13)27(30)31)10-17(26-12)15-8-9-18(22(25)21(15)24)34-11-19(28)32-2/h4-10,16,26H,11H2,1-3H3. The summed E-state index contributed by atoms with van der Waals surface area (Å²) in [5.41, 5.74) is 2.52. The van der Waals surface area contributed by atoms with E-state index in [0.29, 0.717) is 28.1 Å². The molecular formula is C23H20Cl2N2O7. The fraction of sp³-hybridized carbons (Fsp3) is 0.217.